The molecular formula is C29H31Cl2F2NO5. The SMILES string of the molecule is C=C/C(Cl)=C(C[C@H](OC(=O)c1ccc(OC)c(NC)c1)c1ccc(OC(F)F)c(OCC2CC2)c1)\C(Cl)=C/C. The van der Waals surface area contributed by atoms with Gasteiger partial charge in [-0.2, -0.15) is 8.78 Å². The van der Waals surface area contributed by atoms with Crippen LogP contribution in [0.4, 0.5) is 14.5 Å². The zero-order valence-corrected chi connectivity index (χ0v) is 23.5. The van der Waals surface area contributed by atoms with Gasteiger partial charge in [0.05, 0.1) is 25.0 Å². The van der Waals surface area contributed by atoms with Crippen molar-refractivity contribution in [1.29, 1.82) is 0 Å². The molecule has 39 heavy (non-hydrogen) atoms. The van der Waals surface area contributed by atoms with E-state index in [9.17, 15) is 13.6 Å². The number of rotatable bonds is 14. The molecule has 2 aromatic carbocycles. The Balaban J connectivity index is 2.02. The summed E-state index contributed by atoms with van der Waals surface area (Å²) in [5, 5.41) is 3.61. The highest BCUT2D eigenvalue weighted by Gasteiger charge is 2.26. The lowest BCUT2D eigenvalue weighted by molar-refractivity contribution is -0.0515. The molecule has 1 saturated carbocycles. The molecule has 1 N–H and O–H groups in total. The summed E-state index contributed by atoms with van der Waals surface area (Å²) in [5.41, 5.74) is 1.84. The number of nitrogens with one attached hydrogen (secondary N) is 1. The first-order valence-electron chi connectivity index (χ1n) is 12.3. The van der Waals surface area contributed by atoms with E-state index < -0.39 is 18.7 Å². The molecule has 10 heteroatoms. The Hall–Kier alpha value is -3.23. The first kappa shape index (κ1) is 30.3. The van der Waals surface area contributed by atoms with Crippen molar-refractivity contribution in [1.82, 2.24) is 0 Å². The number of anilines is 1. The van der Waals surface area contributed by atoms with Crippen molar-refractivity contribution >= 4 is 34.9 Å². The van der Waals surface area contributed by atoms with Crippen LogP contribution >= 0.6 is 23.2 Å². The fourth-order valence-corrected chi connectivity index (χ4v) is 4.18. The maximum Gasteiger partial charge on any atom is 0.387 e. The van der Waals surface area contributed by atoms with Gasteiger partial charge in [-0.05, 0) is 67.2 Å². The molecule has 0 unspecified atom stereocenters. The third-order valence-corrected chi connectivity index (χ3v) is 6.91. The molecule has 0 aliphatic heterocycles. The summed E-state index contributed by atoms with van der Waals surface area (Å²) in [5.74, 6) is 0.311. The number of allylic oxidation sites excluding steroid dienone is 4. The number of carbonyl (C=O) groups is 1. The van der Waals surface area contributed by atoms with Crippen LogP contribution in [-0.4, -0.2) is 33.3 Å². The maximum atomic E-state index is 13.3. The smallest absolute Gasteiger partial charge is 0.387 e. The topological polar surface area (TPSA) is 66.0 Å². The zero-order chi connectivity index (χ0) is 28.5. The van der Waals surface area contributed by atoms with Gasteiger partial charge in [-0.15, -0.1) is 0 Å². The molecule has 0 saturated heterocycles. The first-order valence-corrected chi connectivity index (χ1v) is 13.1. The van der Waals surface area contributed by atoms with E-state index in [0.29, 0.717) is 40.1 Å². The van der Waals surface area contributed by atoms with Crippen LogP contribution < -0.4 is 19.5 Å². The van der Waals surface area contributed by atoms with Crippen molar-refractivity contribution in [3.63, 3.8) is 0 Å². The highest BCUT2D eigenvalue weighted by atomic mass is 35.5. The van der Waals surface area contributed by atoms with Crippen molar-refractivity contribution < 1.29 is 32.5 Å². The van der Waals surface area contributed by atoms with Gasteiger partial charge in [-0.25, -0.2) is 4.79 Å². The Morgan fingerprint density at radius 3 is 2.46 bits per heavy atom. The van der Waals surface area contributed by atoms with Crippen LogP contribution in [0.25, 0.3) is 0 Å². The third kappa shape index (κ3) is 8.38. The van der Waals surface area contributed by atoms with E-state index in [1.807, 2.05) is 0 Å². The minimum atomic E-state index is -3.03. The van der Waals surface area contributed by atoms with Crippen LogP contribution in [0.15, 0.2) is 70.8 Å². The van der Waals surface area contributed by atoms with Gasteiger partial charge in [0.25, 0.3) is 0 Å². The van der Waals surface area contributed by atoms with Gasteiger partial charge < -0.3 is 24.3 Å². The summed E-state index contributed by atoms with van der Waals surface area (Å²) in [6.07, 6.45) is 4.28. The van der Waals surface area contributed by atoms with E-state index in [4.69, 9.17) is 37.4 Å². The van der Waals surface area contributed by atoms with E-state index >= 15 is 0 Å². The van der Waals surface area contributed by atoms with Gasteiger partial charge >= 0.3 is 12.6 Å². The van der Waals surface area contributed by atoms with Crippen LogP contribution in [0, 0.1) is 5.92 Å². The lowest BCUT2D eigenvalue weighted by Gasteiger charge is -2.22. The molecule has 3 rings (SSSR count). The third-order valence-electron chi connectivity index (χ3n) is 6.08. The van der Waals surface area contributed by atoms with Gasteiger partial charge in [-0.1, -0.05) is 48.0 Å². The highest BCUT2D eigenvalue weighted by Crippen LogP contribution is 2.39. The van der Waals surface area contributed by atoms with Crippen molar-refractivity contribution in [3.8, 4) is 17.2 Å². The van der Waals surface area contributed by atoms with Crippen molar-refractivity contribution in [2.24, 2.45) is 5.92 Å². The molecule has 0 radical (unpaired) electrons. The van der Waals surface area contributed by atoms with E-state index in [1.54, 1.807) is 38.2 Å². The summed E-state index contributed by atoms with van der Waals surface area (Å²) in [4.78, 5) is 13.3. The fraction of sp³-hybridized carbons (Fsp3) is 0.345. The molecule has 1 fully saturated rings. The second-order valence-electron chi connectivity index (χ2n) is 8.77. The second-order valence-corrected chi connectivity index (χ2v) is 9.58. The molecule has 1 aliphatic rings. The van der Waals surface area contributed by atoms with Crippen molar-refractivity contribution in [2.75, 3.05) is 26.1 Å². The summed E-state index contributed by atoms with van der Waals surface area (Å²) < 4.78 is 47.9. The predicted octanol–water partition coefficient (Wildman–Crippen LogP) is 8.24. The van der Waals surface area contributed by atoms with Gasteiger partial charge in [0.1, 0.15) is 11.9 Å². The number of benzene rings is 2. The van der Waals surface area contributed by atoms with Gasteiger partial charge in [0.15, 0.2) is 11.5 Å². The average molecular weight is 582 g/mol. The van der Waals surface area contributed by atoms with Gasteiger partial charge in [0, 0.05) is 23.5 Å². The largest absolute Gasteiger partial charge is 0.495 e. The number of carbonyl (C=O) groups excluding carboxylic acids is 1. The molecule has 0 amide bonds. The van der Waals surface area contributed by atoms with Crippen molar-refractivity contribution in [3.05, 3.63) is 81.9 Å². The molecular weight excluding hydrogens is 551 g/mol. The van der Waals surface area contributed by atoms with E-state index in [2.05, 4.69) is 16.6 Å². The van der Waals surface area contributed by atoms with E-state index in [1.165, 1.54) is 31.4 Å². The normalized spacial score (nSPS) is 14.8. The van der Waals surface area contributed by atoms with E-state index in [0.717, 1.165) is 12.8 Å². The van der Waals surface area contributed by atoms with Crippen LogP contribution in [0.1, 0.15) is 48.2 Å². The lowest BCUT2D eigenvalue weighted by Crippen LogP contribution is -2.14. The van der Waals surface area contributed by atoms with Crippen LogP contribution in [0.3, 0.4) is 0 Å². The minimum absolute atomic E-state index is 0.0753. The monoisotopic (exact) mass is 581 g/mol. The number of hydrogen-bond donors (Lipinski definition) is 1. The summed E-state index contributed by atoms with van der Waals surface area (Å²) >= 11 is 12.9. The molecule has 0 aromatic heterocycles. The predicted molar refractivity (Wildman–Crippen MR) is 149 cm³/mol. The molecule has 1 atom stereocenters. The number of ether oxygens (including phenoxy) is 4. The Morgan fingerprint density at radius 2 is 1.87 bits per heavy atom. The lowest BCUT2D eigenvalue weighted by atomic mass is 9.99. The number of halogens is 4. The Morgan fingerprint density at radius 1 is 1.15 bits per heavy atom. The minimum Gasteiger partial charge on any atom is -0.495 e. The fourth-order valence-electron chi connectivity index (χ4n) is 3.77. The second kappa shape index (κ2) is 14.2. The zero-order valence-electron chi connectivity index (χ0n) is 21.9. The van der Waals surface area contributed by atoms with Crippen LogP contribution in [0.5, 0.6) is 17.2 Å². The summed E-state index contributed by atoms with van der Waals surface area (Å²) in [6.45, 7) is 2.79. The van der Waals surface area contributed by atoms with Crippen molar-refractivity contribution in [2.45, 2.75) is 38.9 Å². The first-order chi connectivity index (χ1) is 18.7. The Bertz CT molecular complexity index is 1240. The maximum absolute atomic E-state index is 13.3. The average Bonchev–Trinajstić information content (AvgIpc) is 3.77. The summed E-state index contributed by atoms with van der Waals surface area (Å²) in [6, 6.07) is 9.27. The molecule has 0 heterocycles. The number of esters is 1. The molecule has 2 aromatic rings. The standard InChI is InChI=1S/C29H31Cl2F2NO5/c1-5-21(30)20(22(31)6-2)15-26(38-28(35)19-10-11-24(36-4)23(13-19)34-3)18-9-12-25(39-29(32)33)27(14-18)37-16-17-7-8-17/h5-6,9-14,17,26,29,34H,1,7-8,15-16H2,2-4H3/b21-20+,22-6+/t26-/m0/s1. The molecule has 0 bridgehead atoms. The quantitative estimate of drug-likeness (QED) is 0.179. The number of methoxy groups -OCH3 is 1. The molecule has 210 valence electrons. The van der Waals surface area contributed by atoms with E-state index in [-0.39, 0.29) is 28.5 Å². The molecule has 0 spiro atoms. The number of alkyl halides is 2. The molecule has 6 nitrogen and oxygen atoms in total. The highest BCUT2D eigenvalue weighted by molar-refractivity contribution is 6.36. The van der Waals surface area contributed by atoms with Crippen LogP contribution in [0.2, 0.25) is 0 Å². The number of hydrogen-bond acceptors (Lipinski definition) is 6. The molecule has 1 aliphatic carbocycles. The Kier molecular flexibility index (Phi) is 11.1. The van der Waals surface area contributed by atoms with Gasteiger partial charge in [-0.3, -0.25) is 0 Å². The van der Waals surface area contributed by atoms with Gasteiger partial charge in [0.2, 0.25) is 0 Å². The van der Waals surface area contributed by atoms with Crippen LogP contribution in [-0.2, 0) is 4.74 Å². The Labute approximate surface area is 237 Å². The summed E-state index contributed by atoms with van der Waals surface area (Å²) in [7, 11) is 3.23.